The lowest BCUT2D eigenvalue weighted by Gasteiger charge is -2.31. The summed E-state index contributed by atoms with van der Waals surface area (Å²) in [6.07, 6.45) is 1.31. The van der Waals surface area contributed by atoms with Gasteiger partial charge in [0.25, 0.3) is 0 Å². The molecule has 3 aromatic carbocycles. The minimum absolute atomic E-state index is 0.305. The Morgan fingerprint density at radius 1 is 0.971 bits per heavy atom. The van der Waals surface area contributed by atoms with Gasteiger partial charge in [0.1, 0.15) is 5.82 Å². The zero-order chi connectivity index (χ0) is 25.0. The fourth-order valence-corrected chi connectivity index (χ4v) is 4.57. The van der Waals surface area contributed by atoms with E-state index in [9.17, 15) is 9.18 Å². The fourth-order valence-electron chi connectivity index (χ4n) is 4.23. The molecule has 34 heavy (non-hydrogen) atoms. The number of halogens is 2. The van der Waals surface area contributed by atoms with Gasteiger partial charge in [0.05, 0.1) is 11.7 Å². The van der Waals surface area contributed by atoms with Gasteiger partial charge in [-0.2, -0.15) is 0 Å². The van der Waals surface area contributed by atoms with Crippen molar-refractivity contribution in [3.63, 3.8) is 0 Å². The number of carbonyl (C=O) groups is 1. The molecular weight excluding hydrogens is 449 g/mol. The van der Waals surface area contributed by atoms with Gasteiger partial charge in [-0.3, -0.25) is 4.90 Å². The zero-order valence-electron chi connectivity index (χ0n) is 20.5. The van der Waals surface area contributed by atoms with Crippen LogP contribution in [-0.2, 0) is 12.8 Å². The van der Waals surface area contributed by atoms with Crippen LogP contribution in [0.4, 0.5) is 26.2 Å². The van der Waals surface area contributed by atoms with E-state index in [0.717, 1.165) is 22.4 Å². The SMILES string of the molecule is CCc1c(N)cc(Cl)c(CC)c1NC(=O)N(c1ccc(C(C)C)cc1)C(C)c1ccc(F)cc1. The topological polar surface area (TPSA) is 58.4 Å². The van der Waals surface area contributed by atoms with Crippen LogP contribution >= 0.6 is 11.6 Å². The van der Waals surface area contributed by atoms with E-state index in [1.54, 1.807) is 23.1 Å². The Balaban J connectivity index is 2.08. The van der Waals surface area contributed by atoms with E-state index in [1.165, 1.54) is 17.7 Å². The maximum absolute atomic E-state index is 13.8. The predicted molar refractivity (Wildman–Crippen MR) is 141 cm³/mol. The van der Waals surface area contributed by atoms with Gasteiger partial charge < -0.3 is 11.1 Å². The standard InChI is InChI=1S/C28H33ClFN3O/c1-6-23-25(29)16-26(31)24(7-2)27(23)32-28(34)33(18(5)20-8-12-21(30)13-9-20)22-14-10-19(11-15-22)17(3)4/h8-18H,6-7,31H2,1-5H3,(H,32,34). The molecule has 0 aliphatic carbocycles. The summed E-state index contributed by atoms with van der Waals surface area (Å²) in [5, 5.41) is 3.64. The molecule has 3 aromatic rings. The molecular formula is C28H33ClFN3O. The van der Waals surface area contributed by atoms with Gasteiger partial charge in [0.15, 0.2) is 0 Å². The van der Waals surface area contributed by atoms with Crippen molar-refractivity contribution in [2.24, 2.45) is 0 Å². The molecule has 6 heteroatoms. The highest BCUT2D eigenvalue weighted by Gasteiger charge is 2.26. The third-order valence-electron chi connectivity index (χ3n) is 6.26. The van der Waals surface area contributed by atoms with Crippen LogP contribution in [0.15, 0.2) is 54.6 Å². The molecule has 0 aliphatic heterocycles. The van der Waals surface area contributed by atoms with Crippen LogP contribution in [0.5, 0.6) is 0 Å². The number of benzene rings is 3. The lowest BCUT2D eigenvalue weighted by Crippen LogP contribution is -2.37. The minimum atomic E-state index is -0.350. The first-order valence-corrected chi connectivity index (χ1v) is 12.1. The lowest BCUT2D eigenvalue weighted by molar-refractivity contribution is 0.255. The second-order valence-electron chi connectivity index (χ2n) is 8.76. The van der Waals surface area contributed by atoms with Crippen LogP contribution < -0.4 is 16.0 Å². The number of nitrogens with two attached hydrogens (primary N) is 1. The number of nitrogen functional groups attached to an aromatic ring is 1. The van der Waals surface area contributed by atoms with E-state index < -0.39 is 0 Å². The summed E-state index contributed by atoms with van der Waals surface area (Å²) in [7, 11) is 0. The average Bonchev–Trinajstić information content (AvgIpc) is 2.80. The first kappa shape index (κ1) is 25.6. The first-order chi connectivity index (χ1) is 16.2. The fraction of sp³-hybridized carbons (Fsp3) is 0.321. The number of anilines is 3. The van der Waals surface area contributed by atoms with Crippen LogP contribution in [0.2, 0.25) is 5.02 Å². The Bertz CT molecular complexity index is 1120. The Morgan fingerprint density at radius 3 is 2.06 bits per heavy atom. The van der Waals surface area contributed by atoms with Crippen LogP contribution in [0, 0.1) is 5.82 Å². The van der Waals surface area contributed by atoms with E-state index in [4.69, 9.17) is 17.3 Å². The van der Waals surface area contributed by atoms with E-state index in [2.05, 4.69) is 19.2 Å². The Labute approximate surface area is 206 Å². The van der Waals surface area contributed by atoms with Crippen molar-refractivity contribution in [1.82, 2.24) is 0 Å². The van der Waals surface area contributed by atoms with Crippen molar-refractivity contribution in [3.05, 3.63) is 87.7 Å². The Hall–Kier alpha value is -3.05. The Kier molecular flexibility index (Phi) is 8.21. The number of hydrogen-bond acceptors (Lipinski definition) is 2. The molecule has 3 rings (SSSR count). The molecule has 4 nitrogen and oxygen atoms in total. The second kappa shape index (κ2) is 10.9. The molecule has 0 saturated carbocycles. The van der Waals surface area contributed by atoms with E-state index >= 15 is 0 Å². The van der Waals surface area contributed by atoms with E-state index in [0.29, 0.717) is 35.2 Å². The summed E-state index contributed by atoms with van der Waals surface area (Å²) in [5.41, 5.74) is 11.9. The average molecular weight is 482 g/mol. The maximum atomic E-state index is 13.8. The Morgan fingerprint density at radius 2 is 1.53 bits per heavy atom. The highest BCUT2D eigenvalue weighted by Crippen LogP contribution is 2.36. The smallest absolute Gasteiger partial charge is 0.326 e. The number of urea groups is 1. The molecule has 0 bridgehead atoms. The van der Waals surface area contributed by atoms with Crippen molar-refractivity contribution in [2.45, 2.75) is 59.4 Å². The van der Waals surface area contributed by atoms with Gasteiger partial charge in [-0.25, -0.2) is 9.18 Å². The third kappa shape index (κ3) is 5.36. The molecule has 0 spiro atoms. The van der Waals surface area contributed by atoms with E-state index in [-0.39, 0.29) is 17.9 Å². The van der Waals surface area contributed by atoms with Crippen LogP contribution in [0.3, 0.4) is 0 Å². The number of hydrogen-bond donors (Lipinski definition) is 2. The predicted octanol–water partition coefficient (Wildman–Crippen LogP) is 8.11. The van der Waals surface area contributed by atoms with Crippen LogP contribution in [0.1, 0.15) is 68.8 Å². The van der Waals surface area contributed by atoms with Crippen molar-refractivity contribution in [2.75, 3.05) is 16.0 Å². The molecule has 0 aromatic heterocycles. The van der Waals surface area contributed by atoms with Gasteiger partial charge in [-0.05, 0) is 78.3 Å². The van der Waals surface area contributed by atoms with Crippen molar-refractivity contribution >= 4 is 34.7 Å². The van der Waals surface area contributed by atoms with Crippen molar-refractivity contribution < 1.29 is 9.18 Å². The van der Waals surface area contributed by atoms with Gasteiger partial charge >= 0.3 is 6.03 Å². The number of amides is 2. The molecule has 0 radical (unpaired) electrons. The molecule has 1 atom stereocenters. The number of rotatable bonds is 7. The largest absolute Gasteiger partial charge is 0.398 e. The molecule has 0 saturated heterocycles. The first-order valence-electron chi connectivity index (χ1n) is 11.7. The lowest BCUT2D eigenvalue weighted by atomic mass is 10.0. The van der Waals surface area contributed by atoms with Crippen molar-refractivity contribution in [3.8, 4) is 0 Å². The third-order valence-corrected chi connectivity index (χ3v) is 6.60. The maximum Gasteiger partial charge on any atom is 0.326 e. The summed E-state index contributed by atoms with van der Waals surface area (Å²) in [5.74, 6) is 0.0577. The minimum Gasteiger partial charge on any atom is -0.398 e. The van der Waals surface area contributed by atoms with Gasteiger partial charge in [-0.1, -0.05) is 63.6 Å². The zero-order valence-corrected chi connectivity index (χ0v) is 21.2. The molecule has 1 unspecified atom stereocenters. The van der Waals surface area contributed by atoms with Gasteiger partial charge in [-0.15, -0.1) is 0 Å². The summed E-state index contributed by atoms with van der Waals surface area (Å²) in [6.45, 7) is 10.2. The molecule has 0 aliphatic rings. The second-order valence-corrected chi connectivity index (χ2v) is 9.17. The number of nitrogens with zero attached hydrogens (tertiary/aromatic N) is 1. The molecule has 3 N–H and O–H groups in total. The highest BCUT2D eigenvalue weighted by molar-refractivity contribution is 6.32. The summed E-state index contributed by atoms with van der Waals surface area (Å²) in [4.78, 5) is 15.5. The number of nitrogens with one attached hydrogen (secondary N) is 1. The van der Waals surface area contributed by atoms with Gasteiger partial charge in [0.2, 0.25) is 0 Å². The summed E-state index contributed by atoms with van der Waals surface area (Å²) in [6, 6.07) is 15.3. The van der Waals surface area contributed by atoms with E-state index in [1.807, 2.05) is 45.0 Å². The molecule has 180 valence electrons. The summed E-state index contributed by atoms with van der Waals surface area (Å²) >= 11 is 6.48. The molecule has 2 amide bonds. The van der Waals surface area contributed by atoms with Crippen LogP contribution in [-0.4, -0.2) is 6.03 Å². The van der Waals surface area contributed by atoms with Crippen molar-refractivity contribution in [1.29, 1.82) is 0 Å². The normalized spacial score (nSPS) is 12.0. The summed E-state index contributed by atoms with van der Waals surface area (Å²) < 4.78 is 13.6. The monoisotopic (exact) mass is 481 g/mol. The number of carbonyl (C=O) groups excluding carboxylic acids is 1. The molecule has 0 fully saturated rings. The molecule has 0 heterocycles. The highest BCUT2D eigenvalue weighted by atomic mass is 35.5. The van der Waals surface area contributed by atoms with Gasteiger partial charge in [0, 0.05) is 16.4 Å². The quantitative estimate of drug-likeness (QED) is 0.335. The van der Waals surface area contributed by atoms with Crippen LogP contribution in [0.25, 0.3) is 0 Å².